The van der Waals surface area contributed by atoms with E-state index in [-0.39, 0.29) is 10.5 Å². The first-order chi connectivity index (χ1) is 11.6. The van der Waals surface area contributed by atoms with Gasteiger partial charge in [0.05, 0.1) is 4.90 Å². The molecule has 1 heterocycles. The Morgan fingerprint density at radius 3 is 2.40 bits per heavy atom. The summed E-state index contributed by atoms with van der Waals surface area (Å²) in [5.74, 6) is -1.24. The van der Waals surface area contributed by atoms with Crippen molar-refractivity contribution < 1.29 is 23.1 Å². The van der Waals surface area contributed by atoms with Crippen LogP contribution >= 0.6 is 0 Å². The van der Waals surface area contributed by atoms with Crippen LogP contribution in [0.3, 0.4) is 0 Å². The zero-order valence-electron chi connectivity index (χ0n) is 14.7. The molecule has 0 spiro atoms. The summed E-state index contributed by atoms with van der Waals surface area (Å²) >= 11 is 0. The van der Waals surface area contributed by atoms with Gasteiger partial charge in [0, 0.05) is 25.7 Å². The van der Waals surface area contributed by atoms with E-state index in [1.54, 1.807) is 0 Å². The van der Waals surface area contributed by atoms with Crippen LogP contribution in [0, 0.1) is 5.92 Å². The van der Waals surface area contributed by atoms with E-state index < -0.39 is 27.9 Å². The molecule has 1 saturated heterocycles. The molecule has 1 aromatic rings. The number of carbonyl (C=O) groups excluding carboxylic acids is 1. The first kappa shape index (κ1) is 19.4. The van der Waals surface area contributed by atoms with Crippen LogP contribution in [-0.2, 0) is 14.8 Å². The molecule has 1 amide bonds. The van der Waals surface area contributed by atoms with Crippen molar-refractivity contribution in [1.82, 2.24) is 9.21 Å². The lowest BCUT2D eigenvalue weighted by atomic mass is 10.0. The first-order valence-corrected chi connectivity index (χ1v) is 9.68. The Balaban J connectivity index is 2.19. The largest absolute Gasteiger partial charge is 0.480 e. The van der Waals surface area contributed by atoms with E-state index in [9.17, 15) is 18.0 Å². The number of aliphatic carboxylic acids is 1. The number of rotatable bonds is 5. The predicted octanol–water partition coefficient (Wildman–Crippen LogP) is 1.65. The van der Waals surface area contributed by atoms with E-state index in [0.29, 0.717) is 19.0 Å². The molecule has 0 radical (unpaired) electrons. The monoisotopic (exact) mass is 368 g/mol. The maximum Gasteiger partial charge on any atom is 0.326 e. The van der Waals surface area contributed by atoms with Gasteiger partial charge in [0.25, 0.3) is 5.91 Å². The molecule has 1 fully saturated rings. The van der Waals surface area contributed by atoms with Crippen LogP contribution in [-0.4, -0.2) is 60.8 Å². The van der Waals surface area contributed by atoms with Crippen molar-refractivity contribution in [2.75, 3.05) is 20.1 Å². The molecular formula is C17H24N2O5S. The average Bonchev–Trinajstić information content (AvgIpc) is 2.59. The standard InChI is InChI=1S/C17H24N2O5S/c1-12-5-4-10-19(11-12)25(23,24)15-8-6-14(7-9-15)16(20)18(3)13(2)17(21)22/h6-9,12-13H,4-5,10-11H2,1-3H3,(H,21,22). The molecule has 8 heteroatoms. The average molecular weight is 368 g/mol. The number of carboxylic acids is 1. The lowest BCUT2D eigenvalue weighted by Gasteiger charge is -2.30. The van der Waals surface area contributed by atoms with Crippen molar-refractivity contribution in [1.29, 1.82) is 0 Å². The minimum Gasteiger partial charge on any atom is -0.480 e. The predicted molar refractivity (Wildman–Crippen MR) is 92.8 cm³/mol. The highest BCUT2D eigenvalue weighted by Gasteiger charge is 2.29. The third-order valence-electron chi connectivity index (χ3n) is 4.62. The maximum atomic E-state index is 12.7. The molecule has 1 aromatic carbocycles. The van der Waals surface area contributed by atoms with Gasteiger partial charge in [-0.1, -0.05) is 6.92 Å². The Morgan fingerprint density at radius 1 is 1.28 bits per heavy atom. The van der Waals surface area contributed by atoms with Gasteiger partial charge in [0.2, 0.25) is 10.0 Å². The zero-order valence-corrected chi connectivity index (χ0v) is 15.5. The van der Waals surface area contributed by atoms with Crippen molar-refractivity contribution in [3.63, 3.8) is 0 Å². The number of nitrogens with zero attached hydrogens (tertiary/aromatic N) is 2. The number of carboxylic acid groups (broad SMARTS) is 1. The summed E-state index contributed by atoms with van der Waals surface area (Å²) in [7, 11) is -2.17. The summed E-state index contributed by atoms with van der Waals surface area (Å²) in [5, 5.41) is 8.99. The molecular weight excluding hydrogens is 344 g/mol. The highest BCUT2D eigenvalue weighted by Crippen LogP contribution is 2.23. The van der Waals surface area contributed by atoms with Crippen molar-refractivity contribution in [3.8, 4) is 0 Å². The molecule has 0 aromatic heterocycles. The SMILES string of the molecule is CC1CCCN(S(=O)(=O)c2ccc(C(=O)N(C)C(C)C(=O)O)cc2)C1. The van der Waals surface area contributed by atoms with Crippen LogP contribution in [0.15, 0.2) is 29.2 Å². The Morgan fingerprint density at radius 2 is 1.88 bits per heavy atom. The lowest BCUT2D eigenvalue weighted by molar-refractivity contribution is -0.141. The summed E-state index contributed by atoms with van der Waals surface area (Å²) in [6.45, 7) is 4.45. The third kappa shape index (κ3) is 4.19. The third-order valence-corrected chi connectivity index (χ3v) is 6.50. The minimum atomic E-state index is -3.57. The Labute approximate surface area is 148 Å². The van der Waals surface area contributed by atoms with Crippen LogP contribution in [0.2, 0.25) is 0 Å². The second-order valence-electron chi connectivity index (χ2n) is 6.57. The molecule has 2 atom stereocenters. The number of piperidine rings is 1. The summed E-state index contributed by atoms with van der Waals surface area (Å²) in [6, 6.07) is 4.69. The molecule has 1 aliphatic heterocycles. The van der Waals surface area contributed by atoms with Gasteiger partial charge in [0.1, 0.15) is 6.04 Å². The van der Waals surface area contributed by atoms with Gasteiger partial charge in [-0.3, -0.25) is 4.79 Å². The lowest BCUT2D eigenvalue weighted by Crippen LogP contribution is -2.40. The number of hydrogen-bond acceptors (Lipinski definition) is 4. The van der Waals surface area contributed by atoms with Crippen molar-refractivity contribution in [2.24, 2.45) is 5.92 Å². The summed E-state index contributed by atoms with van der Waals surface area (Å²) in [6.07, 6.45) is 1.86. The number of sulfonamides is 1. The Hall–Kier alpha value is -1.93. The van der Waals surface area contributed by atoms with Gasteiger partial charge in [-0.15, -0.1) is 0 Å². The molecule has 1 aliphatic rings. The summed E-state index contributed by atoms with van der Waals surface area (Å²) in [4.78, 5) is 24.5. The number of likely N-dealkylation sites (N-methyl/N-ethyl adjacent to an activating group) is 1. The molecule has 1 N–H and O–H groups in total. The molecule has 138 valence electrons. The maximum absolute atomic E-state index is 12.7. The van der Waals surface area contributed by atoms with Crippen LogP contribution in [0.1, 0.15) is 37.0 Å². The van der Waals surface area contributed by atoms with Gasteiger partial charge in [-0.2, -0.15) is 4.31 Å². The zero-order chi connectivity index (χ0) is 18.8. The summed E-state index contributed by atoms with van der Waals surface area (Å²) < 4.78 is 26.9. The minimum absolute atomic E-state index is 0.145. The quantitative estimate of drug-likeness (QED) is 0.853. The van der Waals surface area contributed by atoms with Gasteiger partial charge in [0.15, 0.2) is 0 Å². The van der Waals surface area contributed by atoms with Gasteiger partial charge in [-0.25, -0.2) is 13.2 Å². The number of amides is 1. The normalized spacial score (nSPS) is 20.0. The van der Waals surface area contributed by atoms with E-state index >= 15 is 0 Å². The number of carbonyl (C=O) groups is 2. The van der Waals surface area contributed by atoms with Crippen LogP contribution in [0.25, 0.3) is 0 Å². The number of hydrogen-bond donors (Lipinski definition) is 1. The second kappa shape index (κ2) is 7.53. The van der Waals surface area contributed by atoms with E-state index in [4.69, 9.17) is 5.11 Å². The summed E-state index contributed by atoms with van der Waals surface area (Å²) in [5.41, 5.74) is 0.251. The molecule has 2 unspecified atom stereocenters. The number of benzene rings is 1. The topological polar surface area (TPSA) is 95.0 Å². The van der Waals surface area contributed by atoms with E-state index in [2.05, 4.69) is 0 Å². The fourth-order valence-electron chi connectivity index (χ4n) is 2.83. The highest BCUT2D eigenvalue weighted by molar-refractivity contribution is 7.89. The van der Waals surface area contributed by atoms with Gasteiger partial charge >= 0.3 is 5.97 Å². The molecule has 2 rings (SSSR count). The van der Waals surface area contributed by atoms with Gasteiger partial charge in [-0.05, 0) is 49.9 Å². The second-order valence-corrected chi connectivity index (χ2v) is 8.50. The van der Waals surface area contributed by atoms with Crippen molar-refractivity contribution in [3.05, 3.63) is 29.8 Å². The Bertz CT molecular complexity index is 745. The molecule has 7 nitrogen and oxygen atoms in total. The molecule has 0 aliphatic carbocycles. The van der Waals surface area contributed by atoms with Crippen molar-refractivity contribution >= 4 is 21.9 Å². The van der Waals surface area contributed by atoms with Crippen LogP contribution < -0.4 is 0 Å². The van der Waals surface area contributed by atoms with E-state index in [0.717, 1.165) is 17.7 Å². The molecule has 0 bridgehead atoms. The van der Waals surface area contributed by atoms with Gasteiger partial charge < -0.3 is 10.0 Å². The molecule has 0 saturated carbocycles. The van der Waals surface area contributed by atoms with E-state index in [1.807, 2.05) is 6.92 Å². The smallest absolute Gasteiger partial charge is 0.326 e. The Kier molecular flexibility index (Phi) is 5.84. The first-order valence-electron chi connectivity index (χ1n) is 8.24. The van der Waals surface area contributed by atoms with Crippen LogP contribution in [0.4, 0.5) is 0 Å². The van der Waals surface area contributed by atoms with Crippen LogP contribution in [0.5, 0.6) is 0 Å². The fourth-order valence-corrected chi connectivity index (χ4v) is 4.43. The fraction of sp³-hybridized carbons (Fsp3) is 0.529. The van der Waals surface area contributed by atoms with E-state index in [1.165, 1.54) is 42.5 Å². The molecule has 25 heavy (non-hydrogen) atoms. The highest BCUT2D eigenvalue weighted by atomic mass is 32.2. The van der Waals surface area contributed by atoms with Crippen molar-refractivity contribution in [2.45, 2.75) is 37.6 Å².